The van der Waals surface area contributed by atoms with Crippen LogP contribution < -0.4 is 15.4 Å². The number of carbonyl (C=O) groups is 1. The molecule has 4 rings (SSSR count). The second kappa shape index (κ2) is 8.71. The minimum atomic E-state index is -0.198. The lowest BCUT2D eigenvalue weighted by atomic mass is 9.69. The molecule has 6 atom stereocenters. The minimum Gasteiger partial charge on any atom is -0.483 e. The predicted molar refractivity (Wildman–Crippen MR) is 114 cm³/mol. The maximum absolute atomic E-state index is 12.8. The maximum Gasteiger partial charge on any atom is 0.315 e. The molecule has 2 aliphatic heterocycles. The van der Waals surface area contributed by atoms with Crippen LogP contribution in [0.4, 0.5) is 4.79 Å². The lowest BCUT2D eigenvalue weighted by molar-refractivity contribution is 0.0299. The normalized spacial score (nSPS) is 33.7. The first-order valence-corrected chi connectivity index (χ1v) is 11.2. The number of aryl methyl sites for hydroxylation is 1. The first-order valence-electron chi connectivity index (χ1n) is 11.2. The van der Waals surface area contributed by atoms with Gasteiger partial charge in [0.2, 0.25) is 0 Å². The largest absolute Gasteiger partial charge is 0.483 e. The van der Waals surface area contributed by atoms with E-state index in [-0.39, 0.29) is 41.8 Å². The smallest absolute Gasteiger partial charge is 0.315 e. The Balaban J connectivity index is 1.32. The van der Waals surface area contributed by atoms with Crippen molar-refractivity contribution in [3.05, 3.63) is 24.0 Å². The first-order chi connectivity index (χ1) is 14.3. The molecule has 3 aliphatic rings. The van der Waals surface area contributed by atoms with E-state index in [4.69, 9.17) is 14.2 Å². The van der Waals surface area contributed by atoms with E-state index in [0.29, 0.717) is 19.1 Å². The molecule has 3 fully saturated rings. The second-order valence-electron chi connectivity index (χ2n) is 9.93. The van der Waals surface area contributed by atoms with E-state index in [9.17, 15) is 4.79 Å². The molecule has 3 heterocycles. The quantitative estimate of drug-likeness (QED) is 0.786. The molecule has 0 radical (unpaired) electrons. The molecule has 2 amide bonds. The number of urea groups is 1. The van der Waals surface area contributed by atoms with Crippen LogP contribution in [0.5, 0.6) is 5.75 Å². The molecule has 0 aromatic carbocycles. The highest BCUT2D eigenvalue weighted by Crippen LogP contribution is 2.38. The Hall–Kier alpha value is -1.86. The summed E-state index contributed by atoms with van der Waals surface area (Å²) in [6, 6.07) is 3.68. The molecule has 30 heavy (non-hydrogen) atoms. The number of ether oxygens (including phenoxy) is 3. The summed E-state index contributed by atoms with van der Waals surface area (Å²) >= 11 is 0. The third kappa shape index (κ3) is 4.57. The zero-order chi connectivity index (χ0) is 21.3. The molecule has 0 unspecified atom stereocenters. The van der Waals surface area contributed by atoms with Crippen molar-refractivity contribution in [2.45, 2.75) is 83.8 Å². The molecule has 166 valence electrons. The Labute approximate surface area is 179 Å². The summed E-state index contributed by atoms with van der Waals surface area (Å²) < 4.78 is 18.0. The minimum absolute atomic E-state index is 0.124. The van der Waals surface area contributed by atoms with Gasteiger partial charge < -0.3 is 24.8 Å². The second-order valence-corrected chi connectivity index (χ2v) is 9.93. The van der Waals surface area contributed by atoms with E-state index in [1.165, 1.54) is 19.3 Å². The van der Waals surface area contributed by atoms with Crippen molar-refractivity contribution in [2.75, 3.05) is 13.2 Å². The van der Waals surface area contributed by atoms with Gasteiger partial charge in [-0.2, -0.15) is 0 Å². The number of pyridine rings is 1. The fourth-order valence-electron chi connectivity index (χ4n) is 5.16. The molecule has 7 heteroatoms. The summed E-state index contributed by atoms with van der Waals surface area (Å²) in [4.78, 5) is 17.0. The van der Waals surface area contributed by atoms with Crippen molar-refractivity contribution >= 4 is 6.03 Å². The van der Waals surface area contributed by atoms with E-state index in [2.05, 4.69) is 36.4 Å². The monoisotopic (exact) mass is 417 g/mol. The first kappa shape index (κ1) is 21.4. The van der Waals surface area contributed by atoms with E-state index in [1.807, 2.05) is 19.1 Å². The molecular weight excluding hydrogens is 382 g/mol. The highest BCUT2D eigenvalue weighted by atomic mass is 16.6. The number of hydrogen-bond acceptors (Lipinski definition) is 5. The van der Waals surface area contributed by atoms with Gasteiger partial charge in [0.05, 0.1) is 24.9 Å². The Kier molecular flexibility index (Phi) is 6.21. The number of rotatable bonds is 4. The zero-order valence-corrected chi connectivity index (χ0v) is 18.5. The third-order valence-corrected chi connectivity index (χ3v) is 6.76. The Morgan fingerprint density at radius 2 is 1.83 bits per heavy atom. The molecule has 0 spiro atoms. The van der Waals surface area contributed by atoms with Gasteiger partial charge in [0.15, 0.2) is 6.10 Å². The summed E-state index contributed by atoms with van der Waals surface area (Å²) in [7, 11) is 0. The van der Waals surface area contributed by atoms with Crippen LogP contribution in [-0.4, -0.2) is 54.6 Å². The van der Waals surface area contributed by atoms with Gasteiger partial charge in [0.1, 0.15) is 18.0 Å². The van der Waals surface area contributed by atoms with Crippen molar-refractivity contribution in [2.24, 2.45) is 11.3 Å². The number of hydrogen-bond donors (Lipinski definition) is 2. The van der Waals surface area contributed by atoms with Crippen molar-refractivity contribution in [1.29, 1.82) is 0 Å². The van der Waals surface area contributed by atoms with Gasteiger partial charge in [-0.1, -0.05) is 33.6 Å². The number of fused-ring (bicyclic) bond motifs is 1. The van der Waals surface area contributed by atoms with Crippen molar-refractivity contribution in [3.63, 3.8) is 0 Å². The average Bonchev–Trinajstić information content (AvgIpc) is 3.27. The Morgan fingerprint density at radius 3 is 2.60 bits per heavy atom. The molecule has 2 saturated heterocycles. The van der Waals surface area contributed by atoms with E-state index >= 15 is 0 Å². The summed E-state index contributed by atoms with van der Waals surface area (Å²) in [5.41, 5.74) is 1.03. The highest BCUT2D eigenvalue weighted by molar-refractivity contribution is 5.74. The molecular formula is C23H35N3O4. The van der Waals surface area contributed by atoms with Gasteiger partial charge in [-0.3, -0.25) is 4.98 Å². The van der Waals surface area contributed by atoms with Crippen LogP contribution in [0.2, 0.25) is 0 Å². The van der Waals surface area contributed by atoms with Crippen LogP contribution in [0, 0.1) is 18.3 Å². The third-order valence-electron chi connectivity index (χ3n) is 6.76. The number of nitrogens with one attached hydrogen (secondary N) is 2. The van der Waals surface area contributed by atoms with E-state index < -0.39 is 0 Å². The lowest BCUT2D eigenvalue weighted by Crippen LogP contribution is -2.54. The van der Waals surface area contributed by atoms with Gasteiger partial charge in [0.25, 0.3) is 0 Å². The number of aromatic nitrogens is 1. The van der Waals surface area contributed by atoms with Crippen molar-refractivity contribution in [3.8, 4) is 5.75 Å². The number of amides is 2. The maximum atomic E-state index is 12.8. The Bertz CT molecular complexity index is 750. The van der Waals surface area contributed by atoms with E-state index in [1.54, 1.807) is 6.20 Å². The number of carbonyl (C=O) groups excluding carboxylic acids is 1. The topological polar surface area (TPSA) is 81.7 Å². The van der Waals surface area contributed by atoms with Gasteiger partial charge in [-0.05, 0) is 43.2 Å². The molecule has 7 nitrogen and oxygen atoms in total. The Morgan fingerprint density at radius 1 is 1.10 bits per heavy atom. The van der Waals surface area contributed by atoms with E-state index in [0.717, 1.165) is 17.9 Å². The van der Waals surface area contributed by atoms with Crippen molar-refractivity contribution < 1.29 is 19.0 Å². The summed E-state index contributed by atoms with van der Waals surface area (Å²) in [5, 5.41) is 6.34. The molecule has 1 saturated carbocycles. The van der Waals surface area contributed by atoms with Crippen LogP contribution in [0.1, 0.15) is 52.1 Å². The zero-order valence-electron chi connectivity index (χ0n) is 18.5. The van der Waals surface area contributed by atoms with Gasteiger partial charge in [0, 0.05) is 12.2 Å². The summed E-state index contributed by atoms with van der Waals surface area (Å²) in [5.74, 6) is 1.24. The van der Waals surface area contributed by atoms with Crippen LogP contribution in [0.25, 0.3) is 0 Å². The van der Waals surface area contributed by atoms with Crippen LogP contribution >= 0.6 is 0 Å². The van der Waals surface area contributed by atoms with Gasteiger partial charge in [-0.25, -0.2) is 4.79 Å². The van der Waals surface area contributed by atoms with Crippen LogP contribution in [0.15, 0.2) is 18.3 Å². The SMILES string of the molecule is Cc1ncccc1O[C@H]1CO[C@H]2[C@@H]1OC[C@@H]2NC(=O)N[C@@H]1CCCC[C@H]1C(C)(C)C. The van der Waals surface area contributed by atoms with Gasteiger partial charge in [-0.15, -0.1) is 0 Å². The van der Waals surface area contributed by atoms with Crippen LogP contribution in [-0.2, 0) is 9.47 Å². The predicted octanol–water partition coefficient (Wildman–Crippen LogP) is 3.21. The standard InChI is InChI=1S/C23H35N3O4/c1-14-18(10-7-11-24-14)30-19-13-29-20-17(12-28-21(19)20)26-22(27)25-16-9-6-5-8-15(16)23(2,3)4/h7,10-11,15-17,19-21H,5-6,8-9,12-13H2,1-4H3,(H2,25,26,27)/t15-,16-,17+,19+,20-,21-/m1/s1. The molecule has 2 N–H and O–H groups in total. The molecule has 1 aromatic heterocycles. The van der Waals surface area contributed by atoms with Crippen LogP contribution in [0.3, 0.4) is 0 Å². The van der Waals surface area contributed by atoms with Crippen molar-refractivity contribution in [1.82, 2.24) is 15.6 Å². The lowest BCUT2D eigenvalue weighted by Gasteiger charge is -2.40. The summed E-state index contributed by atoms with van der Waals surface area (Å²) in [6.45, 7) is 9.59. The average molecular weight is 418 g/mol. The number of nitrogens with zero attached hydrogens (tertiary/aromatic N) is 1. The fourth-order valence-corrected chi connectivity index (χ4v) is 5.16. The highest BCUT2D eigenvalue weighted by Gasteiger charge is 2.49. The molecule has 0 bridgehead atoms. The summed E-state index contributed by atoms with van der Waals surface area (Å²) in [6.07, 6.45) is 5.79. The molecule has 1 aromatic rings. The molecule has 1 aliphatic carbocycles. The van der Waals surface area contributed by atoms with Gasteiger partial charge >= 0.3 is 6.03 Å². The fraction of sp³-hybridized carbons (Fsp3) is 0.739.